The first-order chi connectivity index (χ1) is 10.2. The van der Waals surface area contributed by atoms with Gasteiger partial charge in [-0.2, -0.15) is 0 Å². The second kappa shape index (κ2) is 8.15. The zero-order valence-electron chi connectivity index (χ0n) is 12.6. The number of carbonyl (C=O) groups is 1. The Labute approximate surface area is 126 Å². The van der Waals surface area contributed by atoms with Crippen LogP contribution in [0.4, 0.5) is 0 Å². The summed E-state index contributed by atoms with van der Waals surface area (Å²) < 4.78 is 0. The quantitative estimate of drug-likeness (QED) is 0.833. The molecule has 1 aliphatic heterocycles. The molecular formula is C17H26N2O2. The molecule has 2 atom stereocenters. The van der Waals surface area contributed by atoms with Crippen LogP contribution in [-0.2, 0) is 11.2 Å². The smallest absolute Gasteiger partial charge is 0.227 e. The highest BCUT2D eigenvalue weighted by atomic mass is 16.3. The van der Waals surface area contributed by atoms with Gasteiger partial charge in [-0.1, -0.05) is 30.3 Å². The summed E-state index contributed by atoms with van der Waals surface area (Å²) in [4.78, 5) is 14.6. The molecule has 0 aromatic heterocycles. The lowest BCUT2D eigenvalue weighted by Gasteiger charge is -2.34. The molecule has 4 nitrogen and oxygen atoms in total. The van der Waals surface area contributed by atoms with Gasteiger partial charge in [0.25, 0.3) is 0 Å². The van der Waals surface area contributed by atoms with Crippen LogP contribution in [0.3, 0.4) is 0 Å². The van der Waals surface area contributed by atoms with Crippen LogP contribution in [0.15, 0.2) is 30.3 Å². The van der Waals surface area contributed by atoms with Crippen molar-refractivity contribution >= 4 is 5.91 Å². The summed E-state index contributed by atoms with van der Waals surface area (Å²) in [5, 5.41) is 9.07. The van der Waals surface area contributed by atoms with E-state index in [-0.39, 0.29) is 18.4 Å². The monoisotopic (exact) mass is 290 g/mol. The minimum Gasteiger partial charge on any atom is -0.396 e. The van der Waals surface area contributed by atoms with E-state index in [1.807, 2.05) is 35.2 Å². The summed E-state index contributed by atoms with van der Waals surface area (Å²) >= 11 is 0. The Morgan fingerprint density at radius 1 is 1.38 bits per heavy atom. The number of amides is 1. The zero-order chi connectivity index (χ0) is 15.1. The Balaban J connectivity index is 1.95. The first kappa shape index (κ1) is 16.0. The van der Waals surface area contributed by atoms with Crippen LogP contribution >= 0.6 is 0 Å². The van der Waals surface area contributed by atoms with Crippen LogP contribution in [0.25, 0.3) is 0 Å². The Morgan fingerprint density at radius 2 is 2.14 bits per heavy atom. The van der Waals surface area contributed by atoms with Gasteiger partial charge >= 0.3 is 0 Å². The molecular weight excluding hydrogens is 264 g/mol. The van der Waals surface area contributed by atoms with Gasteiger partial charge in [-0.15, -0.1) is 0 Å². The number of likely N-dealkylation sites (tertiary alicyclic amines) is 1. The van der Waals surface area contributed by atoms with Crippen molar-refractivity contribution in [2.75, 3.05) is 26.2 Å². The molecule has 1 fully saturated rings. The number of nitrogens with zero attached hydrogens (tertiary/aromatic N) is 1. The first-order valence-corrected chi connectivity index (χ1v) is 7.88. The van der Waals surface area contributed by atoms with Gasteiger partial charge in [0.15, 0.2) is 0 Å². The Kier molecular flexibility index (Phi) is 6.21. The molecule has 4 heteroatoms. The van der Waals surface area contributed by atoms with Gasteiger partial charge in [0.2, 0.25) is 5.91 Å². The third-order valence-corrected chi connectivity index (χ3v) is 4.33. The fourth-order valence-electron chi connectivity index (χ4n) is 3.11. The zero-order valence-corrected chi connectivity index (χ0v) is 12.6. The maximum Gasteiger partial charge on any atom is 0.227 e. The lowest BCUT2D eigenvalue weighted by molar-refractivity contribution is -0.137. The summed E-state index contributed by atoms with van der Waals surface area (Å²) in [5.74, 6) is 0.465. The third-order valence-electron chi connectivity index (χ3n) is 4.33. The van der Waals surface area contributed by atoms with Gasteiger partial charge in [-0.25, -0.2) is 0 Å². The van der Waals surface area contributed by atoms with Gasteiger partial charge in [0, 0.05) is 26.2 Å². The number of hydrogen-bond donors (Lipinski definition) is 2. The summed E-state index contributed by atoms with van der Waals surface area (Å²) in [7, 11) is 0. The van der Waals surface area contributed by atoms with Crippen LogP contribution in [0.2, 0.25) is 0 Å². The maximum atomic E-state index is 12.7. The van der Waals surface area contributed by atoms with Crippen LogP contribution in [0.1, 0.15) is 24.8 Å². The number of carbonyl (C=O) groups excluding carboxylic acids is 1. The number of aliphatic hydroxyl groups excluding tert-OH is 1. The van der Waals surface area contributed by atoms with Gasteiger partial charge in [-0.3, -0.25) is 4.79 Å². The topological polar surface area (TPSA) is 66.6 Å². The number of benzene rings is 1. The minimum atomic E-state index is -0.139. The predicted molar refractivity (Wildman–Crippen MR) is 83.7 cm³/mol. The van der Waals surface area contributed by atoms with E-state index in [1.54, 1.807) is 0 Å². The Bertz CT molecular complexity index is 434. The maximum absolute atomic E-state index is 12.7. The largest absolute Gasteiger partial charge is 0.396 e. The number of piperidine rings is 1. The summed E-state index contributed by atoms with van der Waals surface area (Å²) in [5.41, 5.74) is 6.99. The van der Waals surface area contributed by atoms with E-state index >= 15 is 0 Å². The van der Waals surface area contributed by atoms with Crippen molar-refractivity contribution in [1.82, 2.24) is 4.90 Å². The molecule has 1 aliphatic rings. The Morgan fingerprint density at radius 3 is 2.81 bits per heavy atom. The third kappa shape index (κ3) is 4.55. The highest BCUT2D eigenvalue weighted by molar-refractivity contribution is 5.79. The van der Waals surface area contributed by atoms with E-state index in [1.165, 1.54) is 0 Å². The molecule has 0 bridgehead atoms. The molecule has 2 rings (SSSR count). The van der Waals surface area contributed by atoms with Crippen LogP contribution < -0.4 is 5.73 Å². The van der Waals surface area contributed by atoms with Gasteiger partial charge in [-0.05, 0) is 37.2 Å². The van der Waals surface area contributed by atoms with Crippen molar-refractivity contribution in [3.05, 3.63) is 35.9 Å². The van der Waals surface area contributed by atoms with Crippen molar-refractivity contribution in [2.24, 2.45) is 17.6 Å². The fourth-order valence-corrected chi connectivity index (χ4v) is 3.11. The minimum absolute atomic E-state index is 0.139. The summed E-state index contributed by atoms with van der Waals surface area (Å²) in [6.45, 7) is 2.18. The molecule has 0 spiro atoms. The molecule has 0 saturated carbocycles. The molecule has 1 saturated heterocycles. The van der Waals surface area contributed by atoms with E-state index in [4.69, 9.17) is 10.8 Å². The summed E-state index contributed by atoms with van der Waals surface area (Å²) in [6.07, 6.45) is 3.63. The summed E-state index contributed by atoms with van der Waals surface area (Å²) in [6, 6.07) is 10.0. The molecule has 0 aliphatic carbocycles. The molecule has 1 heterocycles. The van der Waals surface area contributed by atoms with Gasteiger partial charge in [0.1, 0.15) is 0 Å². The molecule has 0 radical (unpaired) electrons. The number of nitrogens with two attached hydrogens (primary N) is 1. The molecule has 1 aromatic rings. The van der Waals surface area contributed by atoms with E-state index < -0.39 is 0 Å². The first-order valence-electron chi connectivity index (χ1n) is 7.88. The number of aliphatic hydroxyl groups is 1. The second-order valence-electron chi connectivity index (χ2n) is 5.93. The van der Waals surface area contributed by atoms with Gasteiger partial charge < -0.3 is 15.7 Å². The van der Waals surface area contributed by atoms with E-state index in [0.717, 1.165) is 37.9 Å². The molecule has 21 heavy (non-hydrogen) atoms. The normalized spacial score (nSPS) is 20.3. The fraction of sp³-hybridized carbons (Fsp3) is 0.588. The number of rotatable bonds is 6. The van der Waals surface area contributed by atoms with E-state index in [9.17, 15) is 4.79 Å². The SMILES string of the molecule is NCC(Cc1ccccc1)C(=O)N1CCCC(CCO)C1. The van der Waals surface area contributed by atoms with Gasteiger partial charge in [0.05, 0.1) is 5.92 Å². The van der Waals surface area contributed by atoms with Crippen LogP contribution in [0, 0.1) is 11.8 Å². The second-order valence-corrected chi connectivity index (χ2v) is 5.93. The van der Waals surface area contributed by atoms with Crippen molar-refractivity contribution < 1.29 is 9.90 Å². The molecule has 3 N–H and O–H groups in total. The average molecular weight is 290 g/mol. The number of hydrogen-bond acceptors (Lipinski definition) is 3. The molecule has 1 aromatic carbocycles. The van der Waals surface area contributed by atoms with Crippen molar-refractivity contribution in [3.63, 3.8) is 0 Å². The van der Waals surface area contributed by atoms with E-state index in [2.05, 4.69) is 0 Å². The van der Waals surface area contributed by atoms with Crippen molar-refractivity contribution in [2.45, 2.75) is 25.7 Å². The predicted octanol–water partition coefficient (Wildman–Crippen LogP) is 1.42. The lowest BCUT2D eigenvalue weighted by atomic mass is 9.92. The Hall–Kier alpha value is -1.39. The van der Waals surface area contributed by atoms with Crippen molar-refractivity contribution in [3.8, 4) is 0 Å². The highest BCUT2D eigenvalue weighted by Gasteiger charge is 2.28. The molecule has 1 amide bonds. The van der Waals surface area contributed by atoms with E-state index in [0.29, 0.717) is 18.9 Å². The lowest BCUT2D eigenvalue weighted by Crippen LogP contribution is -2.45. The van der Waals surface area contributed by atoms with Crippen LogP contribution in [0.5, 0.6) is 0 Å². The van der Waals surface area contributed by atoms with Crippen molar-refractivity contribution in [1.29, 1.82) is 0 Å². The average Bonchev–Trinajstić information content (AvgIpc) is 2.53. The molecule has 2 unspecified atom stereocenters. The molecule has 116 valence electrons. The highest BCUT2D eigenvalue weighted by Crippen LogP contribution is 2.21. The standard InChI is InChI=1S/C17H26N2O2/c18-12-16(11-14-5-2-1-3-6-14)17(21)19-9-4-7-15(13-19)8-10-20/h1-3,5-6,15-16,20H,4,7-13,18H2. The van der Waals surface area contributed by atoms with Crippen LogP contribution in [-0.4, -0.2) is 42.2 Å².